The van der Waals surface area contributed by atoms with Gasteiger partial charge in [-0.25, -0.2) is 0 Å². The van der Waals surface area contributed by atoms with E-state index in [0.717, 1.165) is 55.9 Å². The fraction of sp³-hybridized carbons (Fsp3) is 0.625. The number of ether oxygens (including phenoxy) is 3. The van der Waals surface area contributed by atoms with Crippen LogP contribution in [0, 0.1) is 0 Å². The third kappa shape index (κ3) is 3.59. The number of methoxy groups -OCH3 is 1. The van der Waals surface area contributed by atoms with Crippen LogP contribution in [-0.2, 0) is 16.0 Å². The maximum atomic E-state index is 5.97. The molecule has 1 aromatic carbocycles. The molecule has 1 spiro atoms. The van der Waals surface area contributed by atoms with Gasteiger partial charge in [-0.3, -0.25) is 0 Å². The summed E-state index contributed by atoms with van der Waals surface area (Å²) in [4.78, 5) is 0. The number of hydrogen-bond donors (Lipinski definition) is 1. The fourth-order valence-corrected chi connectivity index (χ4v) is 3.74. The van der Waals surface area contributed by atoms with Gasteiger partial charge in [-0.15, -0.1) is 0 Å². The van der Waals surface area contributed by atoms with Crippen LogP contribution in [0.1, 0.15) is 24.8 Å². The van der Waals surface area contributed by atoms with Crippen LogP contribution in [0.15, 0.2) is 22.7 Å². The van der Waals surface area contributed by atoms with Crippen molar-refractivity contribution in [1.82, 2.24) is 5.32 Å². The fourth-order valence-electron chi connectivity index (χ4n) is 3.15. The Balaban J connectivity index is 1.56. The Bertz CT molecular complexity index is 488. The van der Waals surface area contributed by atoms with Crippen LogP contribution in [0.3, 0.4) is 0 Å². The van der Waals surface area contributed by atoms with E-state index >= 15 is 0 Å². The highest BCUT2D eigenvalue weighted by atomic mass is 79.9. The second-order valence-corrected chi connectivity index (χ2v) is 6.73. The third-order valence-electron chi connectivity index (χ3n) is 4.37. The zero-order valence-corrected chi connectivity index (χ0v) is 13.9. The molecule has 1 N–H and O–H groups in total. The van der Waals surface area contributed by atoms with Gasteiger partial charge in [0.15, 0.2) is 0 Å². The first-order valence-corrected chi connectivity index (χ1v) is 8.28. The molecule has 0 radical (unpaired) electrons. The largest absolute Gasteiger partial charge is 0.496 e. The van der Waals surface area contributed by atoms with Crippen LogP contribution >= 0.6 is 15.9 Å². The first-order chi connectivity index (χ1) is 10.2. The zero-order valence-electron chi connectivity index (χ0n) is 12.4. The minimum Gasteiger partial charge on any atom is -0.496 e. The summed E-state index contributed by atoms with van der Waals surface area (Å²) in [6.07, 6.45) is 3.14. The average molecular weight is 356 g/mol. The van der Waals surface area contributed by atoms with Crippen molar-refractivity contribution in [2.75, 3.05) is 26.9 Å². The predicted octanol–water partition coefficient (Wildman–Crippen LogP) is 2.89. The molecule has 1 aromatic rings. The molecule has 2 unspecified atom stereocenters. The Morgan fingerprint density at radius 3 is 3.05 bits per heavy atom. The van der Waals surface area contributed by atoms with E-state index in [2.05, 4.69) is 33.4 Å². The second kappa shape index (κ2) is 6.65. The summed E-state index contributed by atoms with van der Waals surface area (Å²) in [5.74, 6) is 0.867. The lowest BCUT2D eigenvalue weighted by Gasteiger charge is -2.37. The molecule has 4 nitrogen and oxygen atoms in total. The molecule has 2 atom stereocenters. The summed E-state index contributed by atoms with van der Waals surface area (Å²) < 4.78 is 17.7. The van der Waals surface area contributed by atoms with E-state index in [1.54, 1.807) is 7.11 Å². The summed E-state index contributed by atoms with van der Waals surface area (Å²) in [5, 5.41) is 3.66. The third-order valence-corrected chi connectivity index (χ3v) is 4.99. The van der Waals surface area contributed by atoms with Gasteiger partial charge in [0.05, 0.1) is 23.8 Å². The summed E-state index contributed by atoms with van der Waals surface area (Å²) in [7, 11) is 1.68. The Labute approximate surface area is 134 Å². The van der Waals surface area contributed by atoms with E-state index < -0.39 is 0 Å². The second-order valence-electron chi connectivity index (χ2n) is 5.87. The van der Waals surface area contributed by atoms with Gasteiger partial charge in [-0.2, -0.15) is 0 Å². The molecule has 0 saturated carbocycles. The van der Waals surface area contributed by atoms with E-state index in [9.17, 15) is 0 Å². The molecule has 116 valence electrons. The van der Waals surface area contributed by atoms with Crippen molar-refractivity contribution >= 4 is 15.9 Å². The summed E-state index contributed by atoms with van der Waals surface area (Å²) in [5.41, 5.74) is 1.22. The first-order valence-electron chi connectivity index (χ1n) is 7.48. The number of halogens is 1. The van der Waals surface area contributed by atoms with E-state index in [-0.39, 0.29) is 5.60 Å². The van der Waals surface area contributed by atoms with Crippen molar-refractivity contribution in [2.45, 2.75) is 37.5 Å². The molecule has 0 amide bonds. The van der Waals surface area contributed by atoms with E-state index in [0.29, 0.717) is 6.04 Å². The molecule has 2 fully saturated rings. The molecular formula is C16H22BrNO3. The maximum Gasteiger partial charge on any atom is 0.133 e. The van der Waals surface area contributed by atoms with Gasteiger partial charge < -0.3 is 19.5 Å². The monoisotopic (exact) mass is 355 g/mol. The lowest BCUT2D eigenvalue weighted by molar-refractivity contribution is -0.0894. The molecule has 2 aliphatic rings. The van der Waals surface area contributed by atoms with E-state index in [4.69, 9.17) is 14.2 Å². The number of benzene rings is 1. The number of nitrogens with one attached hydrogen (secondary N) is 1. The molecule has 0 bridgehead atoms. The molecule has 0 aliphatic carbocycles. The van der Waals surface area contributed by atoms with Gasteiger partial charge in [-0.05, 0) is 46.5 Å². The molecule has 2 aliphatic heterocycles. The van der Waals surface area contributed by atoms with Gasteiger partial charge in [0.1, 0.15) is 5.75 Å². The Kier molecular flexibility index (Phi) is 4.84. The molecule has 0 aromatic heterocycles. The van der Waals surface area contributed by atoms with Crippen molar-refractivity contribution in [1.29, 1.82) is 0 Å². The van der Waals surface area contributed by atoms with Gasteiger partial charge in [-0.1, -0.05) is 6.07 Å². The van der Waals surface area contributed by atoms with Gasteiger partial charge in [0, 0.05) is 32.2 Å². The quantitative estimate of drug-likeness (QED) is 0.901. The SMILES string of the molecule is COc1ccc(CNC2CCOC3(CCOC3)C2)cc1Br. The van der Waals surface area contributed by atoms with Crippen LogP contribution in [-0.4, -0.2) is 38.6 Å². The highest BCUT2D eigenvalue weighted by molar-refractivity contribution is 9.10. The van der Waals surface area contributed by atoms with Crippen molar-refractivity contribution < 1.29 is 14.2 Å². The molecular weight excluding hydrogens is 334 g/mol. The Hall–Kier alpha value is -0.620. The topological polar surface area (TPSA) is 39.7 Å². The van der Waals surface area contributed by atoms with Crippen LogP contribution in [0.5, 0.6) is 5.75 Å². The van der Waals surface area contributed by atoms with Crippen LogP contribution in [0.25, 0.3) is 0 Å². The van der Waals surface area contributed by atoms with Gasteiger partial charge >= 0.3 is 0 Å². The van der Waals surface area contributed by atoms with Crippen molar-refractivity contribution in [2.24, 2.45) is 0 Å². The molecule has 3 rings (SSSR count). The van der Waals surface area contributed by atoms with Crippen LogP contribution < -0.4 is 10.1 Å². The van der Waals surface area contributed by atoms with Crippen molar-refractivity contribution in [3.05, 3.63) is 28.2 Å². The number of rotatable bonds is 4. The predicted molar refractivity (Wildman–Crippen MR) is 84.7 cm³/mol. The molecule has 2 heterocycles. The average Bonchev–Trinajstić information content (AvgIpc) is 2.93. The smallest absolute Gasteiger partial charge is 0.133 e. The highest BCUT2D eigenvalue weighted by Crippen LogP contribution is 2.33. The number of hydrogen-bond acceptors (Lipinski definition) is 4. The minimum atomic E-state index is -0.0313. The summed E-state index contributed by atoms with van der Waals surface area (Å²) in [6.45, 7) is 3.27. The van der Waals surface area contributed by atoms with Crippen LogP contribution in [0.2, 0.25) is 0 Å². The molecule has 5 heteroatoms. The Morgan fingerprint density at radius 2 is 2.33 bits per heavy atom. The highest BCUT2D eigenvalue weighted by Gasteiger charge is 2.40. The minimum absolute atomic E-state index is 0.0313. The normalized spacial score (nSPS) is 29.0. The van der Waals surface area contributed by atoms with Gasteiger partial charge in [0.25, 0.3) is 0 Å². The maximum absolute atomic E-state index is 5.97. The summed E-state index contributed by atoms with van der Waals surface area (Å²) in [6, 6.07) is 6.71. The lowest BCUT2D eigenvalue weighted by Crippen LogP contribution is -2.47. The van der Waals surface area contributed by atoms with Crippen LogP contribution in [0.4, 0.5) is 0 Å². The van der Waals surface area contributed by atoms with Gasteiger partial charge in [0.2, 0.25) is 0 Å². The van der Waals surface area contributed by atoms with E-state index in [1.165, 1.54) is 5.56 Å². The first kappa shape index (κ1) is 15.3. The standard InChI is InChI=1S/C16H22BrNO3/c1-19-15-3-2-12(8-14(15)17)10-18-13-4-6-21-16(9-13)5-7-20-11-16/h2-3,8,13,18H,4-7,9-11H2,1H3. The van der Waals surface area contributed by atoms with Crippen molar-refractivity contribution in [3.63, 3.8) is 0 Å². The Morgan fingerprint density at radius 1 is 1.43 bits per heavy atom. The molecule has 2 saturated heterocycles. The van der Waals surface area contributed by atoms with E-state index in [1.807, 2.05) is 6.07 Å². The summed E-state index contributed by atoms with van der Waals surface area (Å²) >= 11 is 3.53. The lowest BCUT2D eigenvalue weighted by atomic mass is 9.89. The zero-order chi connectivity index (χ0) is 14.7. The van der Waals surface area contributed by atoms with Crippen molar-refractivity contribution in [3.8, 4) is 5.75 Å². The molecule has 21 heavy (non-hydrogen) atoms.